The Morgan fingerprint density at radius 2 is 2.06 bits per heavy atom. The lowest BCUT2D eigenvalue weighted by Crippen LogP contribution is -2.40. The summed E-state index contributed by atoms with van der Waals surface area (Å²) in [7, 11) is 0. The molecule has 0 spiro atoms. The zero-order valence-electron chi connectivity index (χ0n) is 19.0. The van der Waals surface area contributed by atoms with Crippen LogP contribution in [0.15, 0.2) is 28.3 Å². The van der Waals surface area contributed by atoms with Crippen molar-refractivity contribution < 1.29 is 9.90 Å². The molecule has 3 heterocycles. The summed E-state index contributed by atoms with van der Waals surface area (Å²) in [6, 6.07) is -0.606. The first-order valence-electron chi connectivity index (χ1n) is 11.8. The molecule has 1 saturated heterocycles. The molecule has 2 fully saturated rings. The maximum Gasteiger partial charge on any atom is 0.249 e. The van der Waals surface area contributed by atoms with Crippen LogP contribution >= 0.6 is 11.3 Å². The standard InChI is InChI=1S/C23H30N8O2S/c24-16(13-4-1-2-5-13)11-19(25)28-20-15-6-3-7-17(15)27-22(29-20)31-12-14(32)10-18(31)21(33)30-23-26-8-9-34-23/h8-9,11,13-14,18,32H,1-7,10,12,24H2,(H,26,30,33)(H2,25,27,28,29)/b16-11-. The highest BCUT2D eigenvalue weighted by Crippen LogP contribution is 2.33. The van der Waals surface area contributed by atoms with Crippen molar-refractivity contribution in [1.29, 1.82) is 0 Å². The Hall–Kier alpha value is -3.05. The number of aryl methyl sites for hydroxylation is 1. The second-order valence-electron chi connectivity index (χ2n) is 9.17. The van der Waals surface area contributed by atoms with E-state index in [-0.39, 0.29) is 12.5 Å². The number of nitrogens with zero attached hydrogens (tertiary/aromatic N) is 5. The van der Waals surface area contributed by atoms with Crippen molar-refractivity contribution in [2.75, 3.05) is 16.8 Å². The number of nitrogens with two attached hydrogens (primary N) is 2. The van der Waals surface area contributed by atoms with Gasteiger partial charge in [0.2, 0.25) is 11.9 Å². The lowest BCUT2D eigenvalue weighted by molar-refractivity contribution is -0.117. The molecular weight excluding hydrogens is 452 g/mol. The molecule has 0 aromatic carbocycles. The third-order valence-electron chi connectivity index (χ3n) is 6.78. The molecule has 5 rings (SSSR count). The number of β-amino-alcohol motifs (C(OH)–C–C–N with tert-alkyl or cyclic N) is 1. The number of allylic oxidation sites excluding steroid dienone is 1. The summed E-state index contributed by atoms with van der Waals surface area (Å²) < 4.78 is 0. The highest BCUT2D eigenvalue weighted by atomic mass is 32.1. The molecule has 2 aromatic rings. The number of rotatable bonds is 6. The number of fused-ring (bicyclic) bond motifs is 1. The number of amides is 1. The van der Waals surface area contributed by atoms with Crippen LogP contribution in [-0.2, 0) is 17.6 Å². The van der Waals surface area contributed by atoms with Gasteiger partial charge in [0.25, 0.3) is 0 Å². The van der Waals surface area contributed by atoms with Crippen LogP contribution in [0.3, 0.4) is 0 Å². The number of amidine groups is 1. The highest BCUT2D eigenvalue weighted by molar-refractivity contribution is 7.13. The fourth-order valence-electron chi connectivity index (χ4n) is 5.08. The molecule has 11 heteroatoms. The van der Waals surface area contributed by atoms with Crippen molar-refractivity contribution in [3.05, 3.63) is 34.6 Å². The summed E-state index contributed by atoms with van der Waals surface area (Å²) in [4.78, 5) is 32.9. The number of nitrogens with one attached hydrogen (secondary N) is 1. The van der Waals surface area contributed by atoms with Gasteiger partial charge in [0.15, 0.2) is 10.9 Å². The number of hydrogen-bond donors (Lipinski definition) is 4. The summed E-state index contributed by atoms with van der Waals surface area (Å²) in [5.74, 6) is 1.35. The Bertz CT molecular complexity index is 1110. The second kappa shape index (κ2) is 9.67. The molecule has 2 atom stereocenters. The van der Waals surface area contributed by atoms with Crippen molar-refractivity contribution in [3.8, 4) is 0 Å². The minimum absolute atomic E-state index is 0.243. The average molecular weight is 483 g/mol. The van der Waals surface area contributed by atoms with Gasteiger partial charge in [-0.25, -0.2) is 15.0 Å². The number of hydrogen-bond acceptors (Lipinski definition) is 9. The van der Waals surface area contributed by atoms with Gasteiger partial charge < -0.3 is 26.8 Å². The number of aliphatic imine (C=N–C) groups is 1. The lowest BCUT2D eigenvalue weighted by Gasteiger charge is -2.24. The minimum Gasteiger partial charge on any atom is -0.402 e. The van der Waals surface area contributed by atoms with E-state index in [2.05, 4.69) is 15.3 Å². The van der Waals surface area contributed by atoms with Gasteiger partial charge in [0, 0.05) is 35.8 Å². The van der Waals surface area contributed by atoms with E-state index in [0.717, 1.165) is 49.1 Å². The monoisotopic (exact) mass is 482 g/mol. The van der Waals surface area contributed by atoms with Gasteiger partial charge in [-0.2, -0.15) is 4.98 Å². The topological polar surface area (TPSA) is 156 Å². The zero-order valence-corrected chi connectivity index (χ0v) is 19.8. The molecule has 0 bridgehead atoms. The normalized spacial score (nSPS) is 23.5. The van der Waals surface area contributed by atoms with Crippen LogP contribution in [0.25, 0.3) is 0 Å². The number of carbonyl (C=O) groups is 1. The molecule has 34 heavy (non-hydrogen) atoms. The van der Waals surface area contributed by atoms with E-state index in [4.69, 9.17) is 21.4 Å². The smallest absolute Gasteiger partial charge is 0.249 e. The van der Waals surface area contributed by atoms with E-state index in [1.165, 1.54) is 24.2 Å². The number of aliphatic hydroxyl groups is 1. The molecule has 3 aliphatic rings. The van der Waals surface area contributed by atoms with Gasteiger partial charge in [0.1, 0.15) is 11.9 Å². The molecule has 0 radical (unpaired) electrons. The first-order valence-corrected chi connectivity index (χ1v) is 12.7. The quantitative estimate of drug-likeness (QED) is 0.360. The summed E-state index contributed by atoms with van der Waals surface area (Å²) in [5.41, 5.74) is 15.2. The number of aromatic nitrogens is 3. The summed E-state index contributed by atoms with van der Waals surface area (Å²) in [6.07, 6.45) is 10.2. The molecule has 2 aliphatic carbocycles. The number of anilines is 2. The van der Waals surface area contributed by atoms with Crippen molar-refractivity contribution in [2.24, 2.45) is 22.4 Å². The molecule has 2 unspecified atom stereocenters. The van der Waals surface area contributed by atoms with E-state index in [1.807, 2.05) is 0 Å². The van der Waals surface area contributed by atoms with Crippen LogP contribution in [0, 0.1) is 5.92 Å². The van der Waals surface area contributed by atoms with Gasteiger partial charge in [0.05, 0.1) is 11.8 Å². The third kappa shape index (κ3) is 4.76. The van der Waals surface area contributed by atoms with Gasteiger partial charge in [-0.15, -0.1) is 11.3 Å². The van der Waals surface area contributed by atoms with Crippen LogP contribution < -0.4 is 21.7 Å². The van der Waals surface area contributed by atoms with Gasteiger partial charge in [-0.05, 0) is 44.1 Å². The van der Waals surface area contributed by atoms with Gasteiger partial charge in [-0.1, -0.05) is 12.8 Å². The van der Waals surface area contributed by atoms with E-state index in [9.17, 15) is 9.90 Å². The Balaban J connectivity index is 1.43. The average Bonchev–Trinajstić information content (AvgIpc) is 3.59. The molecule has 1 aliphatic heterocycles. The predicted molar refractivity (Wildman–Crippen MR) is 132 cm³/mol. The van der Waals surface area contributed by atoms with Crippen molar-refractivity contribution in [3.63, 3.8) is 0 Å². The number of carbonyl (C=O) groups excluding carboxylic acids is 1. The fourth-order valence-corrected chi connectivity index (χ4v) is 5.61. The van der Waals surface area contributed by atoms with E-state index >= 15 is 0 Å². The molecule has 6 N–H and O–H groups in total. The molecule has 10 nitrogen and oxygen atoms in total. The number of aliphatic hydroxyl groups excluding tert-OH is 1. The maximum atomic E-state index is 13.0. The van der Waals surface area contributed by atoms with E-state index in [1.54, 1.807) is 22.6 Å². The Morgan fingerprint density at radius 1 is 1.24 bits per heavy atom. The third-order valence-corrected chi connectivity index (χ3v) is 7.47. The second-order valence-corrected chi connectivity index (χ2v) is 10.1. The van der Waals surface area contributed by atoms with Crippen molar-refractivity contribution in [1.82, 2.24) is 15.0 Å². The van der Waals surface area contributed by atoms with Crippen LogP contribution in [0.5, 0.6) is 0 Å². The Kier molecular flexibility index (Phi) is 6.46. The van der Waals surface area contributed by atoms with E-state index in [0.29, 0.717) is 35.1 Å². The number of thiazole rings is 1. The Morgan fingerprint density at radius 3 is 2.82 bits per heavy atom. The lowest BCUT2D eigenvalue weighted by atomic mass is 10.0. The van der Waals surface area contributed by atoms with Crippen LogP contribution in [-0.4, -0.2) is 50.5 Å². The predicted octanol–water partition coefficient (Wildman–Crippen LogP) is 2.02. The molecular formula is C23H30N8O2S. The van der Waals surface area contributed by atoms with Crippen LogP contribution in [0.1, 0.15) is 49.8 Å². The zero-order chi connectivity index (χ0) is 23.7. The van der Waals surface area contributed by atoms with Crippen molar-refractivity contribution in [2.45, 2.75) is 63.5 Å². The first-order chi connectivity index (χ1) is 16.5. The molecule has 2 aromatic heterocycles. The SMILES string of the molecule is NC(/C=C(\N)C1CCCC1)=Nc1nc(N2CC(O)CC2C(=O)Nc2nccs2)nc2c1CCC2. The van der Waals surface area contributed by atoms with Gasteiger partial charge >= 0.3 is 0 Å². The van der Waals surface area contributed by atoms with Gasteiger partial charge in [-0.3, -0.25) is 4.79 Å². The Labute approximate surface area is 202 Å². The maximum absolute atomic E-state index is 13.0. The highest BCUT2D eigenvalue weighted by Gasteiger charge is 2.38. The first kappa shape index (κ1) is 22.7. The minimum atomic E-state index is -0.657. The largest absolute Gasteiger partial charge is 0.402 e. The fraction of sp³-hybridized carbons (Fsp3) is 0.522. The van der Waals surface area contributed by atoms with Crippen LogP contribution in [0.2, 0.25) is 0 Å². The van der Waals surface area contributed by atoms with Crippen LogP contribution in [0.4, 0.5) is 16.9 Å². The van der Waals surface area contributed by atoms with E-state index < -0.39 is 12.1 Å². The molecule has 1 saturated carbocycles. The summed E-state index contributed by atoms with van der Waals surface area (Å²) in [6.45, 7) is 0.266. The summed E-state index contributed by atoms with van der Waals surface area (Å²) >= 11 is 1.34. The summed E-state index contributed by atoms with van der Waals surface area (Å²) in [5, 5.41) is 15.5. The van der Waals surface area contributed by atoms with Crippen molar-refractivity contribution >= 4 is 40.0 Å². The molecule has 1 amide bonds. The molecule has 180 valence electrons.